The number of phenolic OH excluding ortho intramolecular Hbond substituents is 1. The van der Waals surface area contributed by atoms with Gasteiger partial charge in [-0.2, -0.15) is 5.10 Å². The van der Waals surface area contributed by atoms with Crippen LogP contribution >= 0.6 is 11.8 Å². The van der Waals surface area contributed by atoms with E-state index in [-0.39, 0.29) is 11.3 Å². The van der Waals surface area contributed by atoms with Crippen molar-refractivity contribution in [1.82, 2.24) is 0 Å². The van der Waals surface area contributed by atoms with Gasteiger partial charge in [0, 0.05) is 11.3 Å². The smallest absolute Gasteiger partial charge is 0.180 e. The average Bonchev–Trinajstić information content (AvgIpc) is 2.39. The number of amidine groups is 1. The minimum absolute atomic E-state index is 0.0978. The molecule has 0 bridgehead atoms. The van der Waals surface area contributed by atoms with Gasteiger partial charge < -0.3 is 10.8 Å². The lowest BCUT2D eigenvalue weighted by Crippen LogP contribution is -2.06. The molecule has 0 spiro atoms. The number of benzene rings is 1. The molecule has 19 heavy (non-hydrogen) atoms. The molecule has 0 radical (unpaired) electrons. The van der Waals surface area contributed by atoms with Crippen LogP contribution in [0.5, 0.6) is 5.75 Å². The highest BCUT2D eigenvalue weighted by molar-refractivity contribution is 8.13. The van der Waals surface area contributed by atoms with Crippen molar-refractivity contribution in [2.75, 3.05) is 5.75 Å². The molecule has 3 N–H and O–H groups in total. The van der Waals surface area contributed by atoms with E-state index in [1.165, 1.54) is 18.0 Å². The highest BCUT2D eigenvalue weighted by atomic mass is 32.2. The molecule has 1 rings (SSSR count). The molecule has 0 amide bonds. The lowest BCUT2D eigenvalue weighted by atomic mass is 10.1. The Labute approximate surface area is 116 Å². The molecule has 5 nitrogen and oxygen atoms in total. The van der Waals surface area contributed by atoms with Gasteiger partial charge in [-0.15, -0.1) is 5.10 Å². The van der Waals surface area contributed by atoms with Gasteiger partial charge >= 0.3 is 0 Å². The molecule has 102 valence electrons. The van der Waals surface area contributed by atoms with Gasteiger partial charge in [0.15, 0.2) is 11.5 Å². The molecule has 0 atom stereocenters. The lowest BCUT2D eigenvalue weighted by Gasteiger charge is -2.03. The third-order valence-corrected chi connectivity index (χ3v) is 3.24. The van der Waals surface area contributed by atoms with Crippen molar-refractivity contribution in [2.24, 2.45) is 15.9 Å². The van der Waals surface area contributed by atoms with E-state index in [9.17, 15) is 9.90 Å². The Morgan fingerprint density at radius 2 is 2.16 bits per heavy atom. The van der Waals surface area contributed by atoms with Crippen molar-refractivity contribution in [1.29, 1.82) is 0 Å². The summed E-state index contributed by atoms with van der Waals surface area (Å²) in [6.07, 6.45) is 3.00. The third-order valence-electron chi connectivity index (χ3n) is 2.25. The number of rotatable bonds is 5. The van der Waals surface area contributed by atoms with Crippen LogP contribution in [0.15, 0.2) is 22.3 Å². The molecule has 1 aromatic rings. The molecule has 0 aromatic heterocycles. The maximum absolute atomic E-state index is 10.8. The molecule has 0 saturated heterocycles. The first-order valence-corrected chi connectivity index (χ1v) is 6.85. The van der Waals surface area contributed by atoms with E-state index in [1.807, 2.05) is 6.92 Å². The Kier molecular flexibility index (Phi) is 6.08. The van der Waals surface area contributed by atoms with Gasteiger partial charge in [0.05, 0.1) is 11.8 Å². The van der Waals surface area contributed by atoms with Crippen LogP contribution in [0, 0.1) is 6.92 Å². The molecular weight excluding hydrogens is 262 g/mol. The van der Waals surface area contributed by atoms with E-state index in [2.05, 4.69) is 17.1 Å². The number of nitrogens with zero attached hydrogens (tertiary/aromatic N) is 2. The second kappa shape index (κ2) is 7.58. The summed E-state index contributed by atoms with van der Waals surface area (Å²) in [5, 5.41) is 17.8. The molecule has 0 saturated carbocycles. The van der Waals surface area contributed by atoms with Crippen LogP contribution in [0.2, 0.25) is 0 Å². The largest absolute Gasteiger partial charge is 0.507 e. The Balaban J connectivity index is 2.87. The van der Waals surface area contributed by atoms with Gasteiger partial charge in [-0.05, 0) is 31.0 Å². The number of carbonyl (C=O) groups excluding carboxylic acids is 1. The molecule has 1 aromatic carbocycles. The number of nitrogens with two attached hydrogens (primary N) is 1. The summed E-state index contributed by atoms with van der Waals surface area (Å²) in [5.74, 6) is 0.787. The summed E-state index contributed by atoms with van der Waals surface area (Å²) in [4.78, 5) is 10.8. The quantitative estimate of drug-likeness (QED) is 0.374. The van der Waals surface area contributed by atoms with Crippen molar-refractivity contribution in [3.8, 4) is 5.75 Å². The van der Waals surface area contributed by atoms with E-state index in [0.29, 0.717) is 17.0 Å². The molecule has 0 heterocycles. The van der Waals surface area contributed by atoms with Gasteiger partial charge in [-0.3, -0.25) is 4.79 Å². The van der Waals surface area contributed by atoms with Gasteiger partial charge in [-0.25, -0.2) is 0 Å². The fraction of sp³-hybridized carbons (Fsp3) is 0.308. The van der Waals surface area contributed by atoms with Gasteiger partial charge in [0.25, 0.3) is 0 Å². The summed E-state index contributed by atoms with van der Waals surface area (Å²) in [7, 11) is 0. The van der Waals surface area contributed by atoms with Crippen LogP contribution in [-0.2, 0) is 0 Å². The van der Waals surface area contributed by atoms with E-state index >= 15 is 0 Å². The van der Waals surface area contributed by atoms with Gasteiger partial charge in [-0.1, -0.05) is 18.7 Å². The first-order chi connectivity index (χ1) is 9.08. The van der Waals surface area contributed by atoms with E-state index in [4.69, 9.17) is 5.73 Å². The lowest BCUT2D eigenvalue weighted by molar-refractivity contribution is 0.112. The summed E-state index contributed by atoms with van der Waals surface area (Å²) in [5.41, 5.74) is 7.17. The number of thioether (sulfide) groups is 1. The van der Waals surface area contributed by atoms with Gasteiger partial charge in [0.1, 0.15) is 5.75 Å². The minimum atomic E-state index is -0.0978. The molecule has 0 unspecified atom stereocenters. The standard InChI is InChI=1S/C13H17N3O2S/c1-3-4-19-13(14)16-15-7-10-5-9(2)6-11(8-17)12(10)18/h5-8,18H,3-4H2,1-2H3,(H2,14,16)/b15-7+. The van der Waals surface area contributed by atoms with Crippen molar-refractivity contribution in [3.05, 3.63) is 28.8 Å². The van der Waals surface area contributed by atoms with Crippen LogP contribution in [0.4, 0.5) is 0 Å². The highest BCUT2D eigenvalue weighted by Gasteiger charge is 2.06. The van der Waals surface area contributed by atoms with Crippen LogP contribution in [0.25, 0.3) is 0 Å². The predicted molar refractivity (Wildman–Crippen MR) is 80.2 cm³/mol. The van der Waals surface area contributed by atoms with Crippen molar-refractivity contribution in [2.45, 2.75) is 20.3 Å². The highest BCUT2D eigenvalue weighted by Crippen LogP contribution is 2.21. The maximum Gasteiger partial charge on any atom is 0.180 e. The van der Waals surface area contributed by atoms with E-state index in [1.54, 1.807) is 12.1 Å². The molecule has 0 fully saturated rings. The molecule has 0 aliphatic carbocycles. The van der Waals surface area contributed by atoms with Crippen molar-refractivity contribution >= 4 is 29.4 Å². The number of aldehydes is 1. The number of hydrogen-bond acceptors (Lipinski definition) is 5. The van der Waals surface area contributed by atoms with E-state index < -0.39 is 0 Å². The number of carbonyl (C=O) groups is 1. The first-order valence-electron chi connectivity index (χ1n) is 5.86. The Morgan fingerprint density at radius 1 is 1.47 bits per heavy atom. The molecule has 0 aliphatic heterocycles. The second-order valence-electron chi connectivity index (χ2n) is 3.94. The first kappa shape index (κ1) is 15.2. The number of phenols is 1. The zero-order chi connectivity index (χ0) is 14.3. The molecule has 6 heteroatoms. The fourth-order valence-corrected chi connectivity index (χ4v) is 1.93. The monoisotopic (exact) mass is 279 g/mol. The molecular formula is C13H17N3O2S. The topological polar surface area (TPSA) is 88.0 Å². The van der Waals surface area contributed by atoms with Crippen LogP contribution in [0.1, 0.15) is 34.8 Å². The fourth-order valence-electron chi connectivity index (χ4n) is 1.41. The van der Waals surface area contributed by atoms with Crippen LogP contribution in [0.3, 0.4) is 0 Å². The molecule has 0 aliphatic rings. The third kappa shape index (κ3) is 4.75. The Hall–Kier alpha value is -1.82. The minimum Gasteiger partial charge on any atom is -0.507 e. The van der Waals surface area contributed by atoms with Gasteiger partial charge in [0.2, 0.25) is 0 Å². The Morgan fingerprint density at radius 3 is 2.79 bits per heavy atom. The summed E-state index contributed by atoms with van der Waals surface area (Å²) in [6, 6.07) is 3.32. The predicted octanol–water partition coefficient (Wildman–Crippen LogP) is 2.30. The number of aromatic hydroxyl groups is 1. The summed E-state index contributed by atoms with van der Waals surface area (Å²) in [6.45, 7) is 3.88. The number of hydrogen-bond donors (Lipinski definition) is 2. The maximum atomic E-state index is 10.8. The summed E-state index contributed by atoms with van der Waals surface area (Å²) < 4.78 is 0. The second-order valence-corrected chi connectivity index (χ2v) is 5.06. The summed E-state index contributed by atoms with van der Waals surface area (Å²) >= 11 is 1.42. The SMILES string of the molecule is CCCSC(N)=N/N=C/c1cc(C)cc(C=O)c1O. The Bertz CT molecular complexity index is 513. The van der Waals surface area contributed by atoms with Crippen LogP contribution < -0.4 is 5.73 Å². The average molecular weight is 279 g/mol. The van der Waals surface area contributed by atoms with Crippen molar-refractivity contribution in [3.63, 3.8) is 0 Å². The zero-order valence-electron chi connectivity index (χ0n) is 11.0. The van der Waals surface area contributed by atoms with Crippen molar-refractivity contribution < 1.29 is 9.90 Å². The number of aryl methyl sites for hydroxylation is 1. The zero-order valence-corrected chi connectivity index (χ0v) is 11.8. The van der Waals surface area contributed by atoms with Crippen LogP contribution in [-0.4, -0.2) is 28.5 Å². The normalized spacial score (nSPS) is 12.0. The van der Waals surface area contributed by atoms with E-state index in [0.717, 1.165) is 17.7 Å².